The number of methoxy groups -OCH3 is 1. The number of anilines is 2. The number of urea groups is 1. The van der Waals surface area contributed by atoms with Crippen molar-refractivity contribution in [3.63, 3.8) is 0 Å². The number of cyclic esters (lactones) is 1. The number of esters is 2. The van der Waals surface area contributed by atoms with Gasteiger partial charge in [-0.1, -0.05) is 122 Å². The number of benzene rings is 5. The number of para-hydroxylation sites is 1. The SMILES string of the molecule is COC(=O)[C@@H](NC(=O)N1C(=O)[C@@]2(c3cc(C#CCCO)ccc31)[C@H](c1ccc(O)cc1)N1[C@H](c3ccccc3)[C@H](c3ccccc3)OC(=O)[C@H]1[C@@H]2C(=O)Nc1nc2ccccc2s1)C(C)C. The summed E-state index contributed by atoms with van der Waals surface area (Å²) in [7, 11) is 1.20. The van der Waals surface area contributed by atoms with Crippen LogP contribution in [0.3, 0.4) is 0 Å². The third kappa shape index (κ3) is 7.42. The topological polar surface area (TPSA) is 188 Å². The fourth-order valence-electron chi connectivity index (χ4n) is 9.79. The van der Waals surface area contributed by atoms with E-state index in [1.807, 2.05) is 83.8 Å². The van der Waals surface area contributed by atoms with Gasteiger partial charge in [0.2, 0.25) is 11.8 Å². The molecule has 1 spiro atoms. The van der Waals surface area contributed by atoms with Gasteiger partial charge in [-0.15, -0.1) is 0 Å². The van der Waals surface area contributed by atoms with E-state index in [1.165, 1.54) is 30.6 Å². The lowest BCUT2D eigenvalue weighted by atomic mass is 9.65. The van der Waals surface area contributed by atoms with Gasteiger partial charge in [0.15, 0.2) is 5.13 Å². The average Bonchev–Trinajstić information content (AvgIpc) is 3.96. The second-order valence-electron chi connectivity index (χ2n) is 16.7. The number of carbonyl (C=O) groups is 5. The number of rotatable bonds is 9. The number of phenolic OH excluding ortho intramolecular Hbond substituents is 1. The minimum atomic E-state index is -2.14. The molecule has 0 aliphatic carbocycles. The number of nitrogens with zero attached hydrogens (tertiary/aromatic N) is 3. The second kappa shape index (κ2) is 17.9. The van der Waals surface area contributed by atoms with Crippen molar-refractivity contribution < 1.29 is 43.7 Å². The van der Waals surface area contributed by atoms with E-state index in [-0.39, 0.29) is 35.2 Å². The Kier molecular flexibility index (Phi) is 11.9. The van der Waals surface area contributed by atoms with E-state index in [0.29, 0.717) is 27.8 Å². The lowest BCUT2D eigenvalue weighted by Crippen LogP contribution is -2.57. The summed E-state index contributed by atoms with van der Waals surface area (Å²) in [4.78, 5) is 83.1. The molecule has 6 aromatic rings. The van der Waals surface area contributed by atoms with E-state index in [0.717, 1.165) is 9.60 Å². The first-order chi connectivity index (χ1) is 32.0. The molecule has 3 aliphatic rings. The number of thiazole rings is 1. The van der Waals surface area contributed by atoms with E-state index < -0.39 is 77.3 Å². The largest absolute Gasteiger partial charge is 0.508 e. The van der Waals surface area contributed by atoms with Crippen molar-refractivity contribution in [1.82, 2.24) is 15.2 Å². The number of carbonyl (C=O) groups excluding carboxylic acids is 5. The van der Waals surface area contributed by atoms with Crippen LogP contribution >= 0.6 is 11.3 Å². The fraction of sp³-hybridized carbons (Fsp3) is 0.255. The third-order valence-electron chi connectivity index (χ3n) is 12.5. The van der Waals surface area contributed by atoms with E-state index >= 15 is 14.4 Å². The lowest BCUT2D eigenvalue weighted by molar-refractivity contribution is -0.177. The Morgan fingerprint density at radius 1 is 0.879 bits per heavy atom. The molecule has 0 unspecified atom stereocenters. The van der Waals surface area contributed by atoms with E-state index in [4.69, 9.17) is 9.47 Å². The van der Waals surface area contributed by atoms with Crippen LogP contribution in [0.25, 0.3) is 10.2 Å². The highest BCUT2D eigenvalue weighted by molar-refractivity contribution is 7.22. The number of hydrogen-bond acceptors (Lipinski definition) is 12. The van der Waals surface area contributed by atoms with E-state index in [2.05, 4.69) is 27.5 Å². The van der Waals surface area contributed by atoms with Crippen LogP contribution in [0.15, 0.2) is 127 Å². The maximum absolute atomic E-state index is 16.5. The number of morpholine rings is 1. The number of aliphatic hydroxyl groups excluding tert-OH is 1. The van der Waals surface area contributed by atoms with Gasteiger partial charge in [-0.25, -0.2) is 19.5 Å². The van der Waals surface area contributed by atoms with E-state index in [1.54, 1.807) is 50.2 Å². The minimum absolute atomic E-state index is 0.0737. The summed E-state index contributed by atoms with van der Waals surface area (Å²) in [5, 5.41) is 26.3. The smallest absolute Gasteiger partial charge is 0.329 e. The molecule has 1 aromatic heterocycles. The quantitative estimate of drug-likeness (QED) is 0.0869. The average molecular weight is 904 g/mol. The van der Waals surface area contributed by atoms with Crippen LogP contribution in [-0.4, -0.2) is 75.7 Å². The number of imide groups is 1. The first kappa shape index (κ1) is 43.9. The van der Waals surface area contributed by atoms with Gasteiger partial charge in [0, 0.05) is 12.0 Å². The number of hydrogen-bond donors (Lipinski definition) is 4. The first-order valence-electron chi connectivity index (χ1n) is 21.5. The van der Waals surface area contributed by atoms with Crippen LogP contribution in [0.2, 0.25) is 0 Å². The fourth-order valence-corrected chi connectivity index (χ4v) is 10.7. The van der Waals surface area contributed by atoms with Gasteiger partial charge >= 0.3 is 18.0 Å². The molecule has 66 heavy (non-hydrogen) atoms. The van der Waals surface area contributed by atoms with Gasteiger partial charge in [-0.2, -0.15) is 0 Å². The number of fused-ring (bicyclic) bond motifs is 4. The summed E-state index contributed by atoms with van der Waals surface area (Å²) in [6.45, 7) is 3.24. The van der Waals surface area contributed by atoms with E-state index in [9.17, 15) is 19.8 Å². The van der Waals surface area contributed by atoms with Crippen molar-refractivity contribution in [1.29, 1.82) is 0 Å². The summed E-state index contributed by atoms with van der Waals surface area (Å²) in [5.41, 5.74) is 0.960. The molecule has 2 fully saturated rings. The number of nitrogens with one attached hydrogen (secondary N) is 2. The molecular weight excluding hydrogens is 859 g/mol. The highest BCUT2D eigenvalue weighted by Gasteiger charge is 2.75. The molecule has 0 radical (unpaired) electrons. The molecule has 4 amide bonds. The summed E-state index contributed by atoms with van der Waals surface area (Å²) in [6, 6.07) is 31.2. The normalized spacial score (nSPS) is 22.6. The monoisotopic (exact) mass is 903 g/mol. The molecule has 334 valence electrons. The predicted octanol–water partition coefficient (Wildman–Crippen LogP) is 6.95. The number of aromatic hydroxyl groups is 1. The summed E-state index contributed by atoms with van der Waals surface area (Å²) < 4.78 is 12.4. The molecule has 2 saturated heterocycles. The standard InChI is InChI=1S/C51H45N5O9S/c1-29(2)40(46(60)64-3)53-50(63)55-37-26-21-30(14-12-13-27-57)28-35(37)51(48(55)62)39(45(59)54-49-52-36-19-10-11-20-38(36)66-49)42-47(61)65-43(32-17-8-5-9-18-32)41(31-15-6-4-7-16-31)56(42)44(51)33-22-24-34(58)25-23-33/h4-11,15-26,28-29,39-44,57-58H,13,27H2,1-3H3,(H,53,63)(H,52,54,59)/t39-,40+,41-,42-,43+,44+,51-/m1/s1. The predicted molar refractivity (Wildman–Crippen MR) is 246 cm³/mol. The van der Waals surface area contributed by atoms with Gasteiger partial charge in [0.25, 0.3) is 0 Å². The van der Waals surface area contributed by atoms with Crippen molar-refractivity contribution in [2.75, 3.05) is 23.9 Å². The van der Waals surface area contributed by atoms with Gasteiger partial charge in [0.05, 0.1) is 47.6 Å². The Bertz CT molecular complexity index is 2880. The highest BCUT2D eigenvalue weighted by Crippen LogP contribution is 2.66. The maximum atomic E-state index is 16.5. The molecule has 7 atom stereocenters. The molecule has 4 N–H and O–H groups in total. The van der Waals surface area contributed by atoms with Crippen LogP contribution in [-0.2, 0) is 34.1 Å². The molecule has 3 aliphatic heterocycles. The molecule has 0 saturated carbocycles. The molecule has 0 bridgehead atoms. The second-order valence-corrected chi connectivity index (χ2v) is 17.7. The number of aliphatic hydroxyl groups is 1. The van der Waals surface area contributed by atoms with Gasteiger partial charge in [-0.05, 0) is 70.6 Å². The summed E-state index contributed by atoms with van der Waals surface area (Å²) in [6.07, 6.45) is -0.817. The molecular formula is C51H45N5O9S. The Labute approximate surface area is 384 Å². The highest BCUT2D eigenvalue weighted by atomic mass is 32.1. The Morgan fingerprint density at radius 2 is 1.56 bits per heavy atom. The molecule has 9 rings (SSSR count). The Balaban J connectivity index is 1.35. The van der Waals surface area contributed by atoms with Crippen molar-refractivity contribution in [2.24, 2.45) is 11.8 Å². The number of aromatic nitrogens is 1. The van der Waals surface area contributed by atoms with Crippen LogP contribution in [0.4, 0.5) is 15.6 Å². The summed E-state index contributed by atoms with van der Waals surface area (Å²) >= 11 is 1.22. The van der Waals surface area contributed by atoms with Gasteiger partial charge in [0.1, 0.15) is 29.4 Å². The number of phenols is 1. The van der Waals surface area contributed by atoms with Crippen LogP contribution < -0.4 is 15.5 Å². The van der Waals surface area contributed by atoms with Crippen molar-refractivity contribution in [2.45, 2.75) is 56.0 Å². The molecule has 4 heterocycles. The first-order valence-corrected chi connectivity index (χ1v) is 22.3. The maximum Gasteiger partial charge on any atom is 0.329 e. The summed E-state index contributed by atoms with van der Waals surface area (Å²) in [5.74, 6) is 0.679. The molecule has 15 heteroatoms. The zero-order valence-electron chi connectivity index (χ0n) is 36.1. The van der Waals surface area contributed by atoms with Crippen molar-refractivity contribution in [3.05, 3.63) is 155 Å². The van der Waals surface area contributed by atoms with Crippen LogP contribution in [0.5, 0.6) is 5.75 Å². The Hall–Kier alpha value is -7.38. The third-order valence-corrected chi connectivity index (χ3v) is 13.5. The van der Waals surface area contributed by atoms with Gasteiger partial charge < -0.3 is 30.3 Å². The van der Waals surface area contributed by atoms with Crippen LogP contribution in [0, 0.1) is 23.7 Å². The van der Waals surface area contributed by atoms with Gasteiger partial charge in [-0.3, -0.25) is 19.3 Å². The number of ether oxygens (including phenoxy) is 2. The Morgan fingerprint density at radius 3 is 2.23 bits per heavy atom. The van der Waals surface area contributed by atoms with Crippen LogP contribution in [0.1, 0.15) is 66.3 Å². The zero-order chi connectivity index (χ0) is 46.3. The number of amides is 4. The molecule has 14 nitrogen and oxygen atoms in total. The van der Waals surface area contributed by atoms with Crippen molar-refractivity contribution in [3.8, 4) is 17.6 Å². The lowest BCUT2D eigenvalue weighted by Gasteiger charge is -2.46. The minimum Gasteiger partial charge on any atom is -0.508 e. The zero-order valence-corrected chi connectivity index (χ0v) is 36.9. The molecule has 5 aromatic carbocycles. The van der Waals surface area contributed by atoms with Crippen molar-refractivity contribution >= 4 is 62.2 Å².